The maximum absolute atomic E-state index is 11.6. The summed E-state index contributed by atoms with van der Waals surface area (Å²) in [5.74, 6) is -1.19. The summed E-state index contributed by atoms with van der Waals surface area (Å²) in [6, 6.07) is 0.0688. The fourth-order valence-corrected chi connectivity index (χ4v) is 1.75. The Morgan fingerprint density at radius 3 is 2.72 bits per heavy atom. The van der Waals surface area contributed by atoms with Gasteiger partial charge in [0, 0.05) is 6.04 Å². The van der Waals surface area contributed by atoms with Crippen LogP contribution in [0.15, 0.2) is 9.32 Å². The largest absolute Gasteiger partial charge is 0.439 e. The normalized spacial score (nSPS) is 12.3. The molecule has 1 atom stereocenters. The lowest BCUT2D eigenvalue weighted by molar-refractivity contribution is 0.0924. The molecule has 1 unspecified atom stereocenters. The molecule has 1 heterocycles. The second-order valence-electron chi connectivity index (χ2n) is 4.52. The van der Waals surface area contributed by atoms with Gasteiger partial charge in [0.1, 0.15) is 0 Å². The molecule has 2 N–H and O–H groups in total. The summed E-state index contributed by atoms with van der Waals surface area (Å²) in [5, 5.41) is 6.10. The third-order valence-corrected chi connectivity index (χ3v) is 2.77. The maximum Gasteiger partial charge on any atom is 0.439 e. The van der Waals surface area contributed by atoms with E-state index in [1.807, 2.05) is 6.92 Å². The molecule has 6 nitrogen and oxygen atoms in total. The van der Waals surface area contributed by atoms with Crippen molar-refractivity contribution in [2.24, 2.45) is 0 Å². The predicted molar refractivity (Wildman–Crippen MR) is 67.4 cm³/mol. The van der Waals surface area contributed by atoms with E-state index < -0.39 is 11.7 Å². The Labute approximate surface area is 106 Å². The van der Waals surface area contributed by atoms with Crippen LogP contribution >= 0.6 is 0 Å². The average Bonchev–Trinajstić information content (AvgIpc) is 2.75. The van der Waals surface area contributed by atoms with Gasteiger partial charge in [0.2, 0.25) is 5.82 Å². The molecular formula is C12H21N3O3. The van der Waals surface area contributed by atoms with Crippen LogP contribution in [-0.2, 0) is 0 Å². The number of aromatic amines is 1. The van der Waals surface area contributed by atoms with Gasteiger partial charge in [-0.15, -0.1) is 0 Å². The average molecular weight is 255 g/mol. The third kappa shape index (κ3) is 5.16. The van der Waals surface area contributed by atoms with Gasteiger partial charge in [-0.25, -0.2) is 4.79 Å². The van der Waals surface area contributed by atoms with Crippen LogP contribution in [0.5, 0.6) is 0 Å². The monoisotopic (exact) mass is 255 g/mol. The van der Waals surface area contributed by atoms with Crippen molar-refractivity contribution in [3.63, 3.8) is 0 Å². The summed E-state index contributed by atoms with van der Waals surface area (Å²) in [5.41, 5.74) is 0. The molecule has 1 amide bonds. The van der Waals surface area contributed by atoms with Crippen molar-refractivity contribution in [1.29, 1.82) is 0 Å². The number of nitrogens with one attached hydrogen (secondary N) is 2. The van der Waals surface area contributed by atoms with Crippen LogP contribution in [0, 0.1) is 0 Å². The number of unbranched alkanes of at least 4 members (excludes halogenated alkanes) is 4. The first-order chi connectivity index (χ1) is 8.63. The molecule has 0 aliphatic rings. The van der Waals surface area contributed by atoms with Crippen LogP contribution in [0.2, 0.25) is 0 Å². The van der Waals surface area contributed by atoms with Crippen molar-refractivity contribution >= 4 is 5.91 Å². The molecule has 1 aromatic rings. The lowest BCUT2D eigenvalue weighted by atomic mass is 10.1. The Balaban J connectivity index is 2.21. The molecule has 1 aromatic heterocycles. The van der Waals surface area contributed by atoms with Crippen molar-refractivity contribution in [1.82, 2.24) is 15.5 Å². The van der Waals surface area contributed by atoms with E-state index in [-0.39, 0.29) is 11.9 Å². The van der Waals surface area contributed by atoms with Crippen LogP contribution < -0.4 is 11.1 Å². The van der Waals surface area contributed by atoms with E-state index in [0.29, 0.717) is 0 Å². The second-order valence-corrected chi connectivity index (χ2v) is 4.52. The zero-order valence-corrected chi connectivity index (χ0v) is 11.0. The number of carbonyl (C=O) groups is 1. The van der Waals surface area contributed by atoms with Gasteiger partial charge in [-0.2, -0.15) is 0 Å². The Morgan fingerprint density at radius 1 is 1.39 bits per heavy atom. The van der Waals surface area contributed by atoms with Gasteiger partial charge >= 0.3 is 5.76 Å². The first-order valence-corrected chi connectivity index (χ1v) is 6.50. The molecule has 102 valence electrons. The Hall–Kier alpha value is -1.59. The summed E-state index contributed by atoms with van der Waals surface area (Å²) in [6.45, 7) is 4.12. The highest BCUT2D eigenvalue weighted by atomic mass is 16.5. The molecule has 0 aromatic carbocycles. The summed E-state index contributed by atoms with van der Waals surface area (Å²) >= 11 is 0. The SMILES string of the molecule is CCCCCCCC(C)NC(=O)c1noc(=O)[nH]1. The molecule has 0 fully saturated rings. The first-order valence-electron chi connectivity index (χ1n) is 6.50. The number of hydrogen-bond acceptors (Lipinski definition) is 4. The Morgan fingerprint density at radius 2 is 2.11 bits per heavy atom. The van der Waals surface area contributed by atoms with Gasteiger partial charge in [-0.1, -0.05) is 39.0 Å². The van der Waals surface area contributed by atoms with Crippen LogP contribution in [0.25, 0.3) is 0 Å². The molecule has 1 rings (SSSR count). The molecule has 0 saturated carbocycles. The van der Waals surface area contributed by atoms with Gasteiger partial charge in [0.25, 0.3) is 5.91 Å². The highest BCUT2D eigenvalue weighted by Gasteiger charge is 2.13. The number of H-pyrrole nitrogens is 1. The number of rotatable bonds is 8. The summed E-state index contributed by atoms with van der Waals surface area (Å²) in [6.07, 6.45) is 6.95. The van der Waals surface area contributed by atoms with E-state index in [0.717, 1.165) is 12.8 Å². The number of aromatic nitrogens is 2. The number of nitrogens with zero attached hydrogens (tertiary/aromatic N) is 1. The molecule has 18 heavy (non-hydrogen) atoms. The zero-order valence-electron chi connectivity index (χ0n) is 11.0. The standard InChI is InChI=1S/C12H21N3O3/c1-3-4-5-6-7-8-9(2)13-11(16)10-14-12(17)18-15-10/h9H,3-8H2,1-2H3,(H,13,16)(H,14,15,17). The number of amides is 1. The van der Waals surface area contributed by atoms with Gasteiger partial charge in [-0.3, -0.25) is 14.3 Å². The van der Waals surface area contributed by atoms with E-state index in [1.54, 1.807) is 0 Å². The van der Waals surface area contributed by atoms with Crippen molar-refractivity contribution < 1.29 is 9.32 Å². The van der Waals surface area contributed by atoms with Gasteiger partial charge in [0.05, 0.1) is 0 Å². The van der Waals surface area contributed by atoms with Crippen molar-refractivity contribution in [3.05, 3.63) is 16.4 Å². The number of hydrogen-bond donors (Lipinski definition) is 2. The summed E-state index contributed by atoms with van der Waals surface area (Å²) in [4.78, 5) is 24.5. The molecule has 0 radical (unpaired) electrons. The van der Waals surface area contributed by atoms with Crippen molar-refractivity contribution in [2.75, 3.05) is 0 Å². The van der Waals surface area contributed by atoms with Crippen LogP contribution in [0.1, 0.15) is 63.0 Å². The van der Waals surface area contributed by atoms with Gasteiger partial charge < -0.3 is 5.32 Å². The quantitative estimate of drug-likeness (QED) is 0.694. The minimum atomic E-state index is -0.715. The van der Waals surface area contributed by atoms with E-state index >= 15 is 0 Å². The Bertz CT molecular complexity index is 411. The molecule has 0 saturated heterocycles. The van der Waals surface area contributed by atoms with Crippen LogP contribution in [0.4, 0.5) is 0 Å². The van der Waals surface area contributed by atoms with E-state index in [9.17, 15) is 9.59 Å². The molecular weight excluding hydrogens is 234 g/mol. The van der Waals surface area contributed by atoms with E-state index in [1.165, 1.54) is 25.7 Å². The van der Waals surface area contributed by atoms with Gasteiger partial charge in [0.15, 0.2) is 0 Å². The highest BCUT2D eigenvalue weighted by Crippen LogP contribution is 2.07. The molecule has 6 heteroatoms. The van der Waals surface area contributed by atoms with Crippen molar-refractivity contribution in [3.8, 4) is 0 Å². The Kier molecular flexibility index (Phi) is 6.18. The summed E-state index contributed by atoms with van der Waals surface area (Å²) in [7, 11) is 0. The third-order valence-electron chi connectivity index (χ3n) is 2.77. The molecule has 0 spiro atoms. The van der Waals surface area contributed by atoms with E-state index in [2.05, 4.69) is 26.9 Å². The van der Waals surface area contributed by atoms with Crippen molar-refractivity contribution in [2.45, 2.75) is 58.4 Å². The topological polar surface area (TPSA) is 88.0 Å². The fourth-order valence-electron chi connectivity index (χ4n) is 1.75. The lowest BCUT2D eigenvalue weighted by Gasteiger charge is -2.12. The molecule has 0 aliphatic carbocycles. The predicted octanol–water partition coefficient (Wildman–Crippen LogP) is 1.84. The first kappa shape index (κ1) is 14.5. The molecule has 0 aliphatic heterocycles. The summed E-state index contributed by atoms with van der Waals surface area (Å²) < 4.78 is 4.27. The van der Waals surface area contributed by atoms with Crippen LogP contribution in [0.3, 0.4) is 0 Å². The maximum atomic E-state index is 11.6. The fraction of sp³-hybridized carbons (Fsp3) is 0.750. The smallest absolute Gasteiger partial charge is 0.347 e. The minimum absolute atomic E-state index is 0.0688. The highest BCUT2D eigenvalue weighted by molar-refractivity contribution is 5.90. The van der Waals surface area contributed by atoms with Crippen LogP contribution in [-0.4, -0.2) is 22.1 Å². The molecule has 0 bridgehead atoms. The number of carbonyl (C=O) groups excluding carboxylic acids is 1. The minimum Gasteiger partial charge on any atom is -0.347 e. The van der Waals surface area contributed by atoms with Gasteiger partial charge in [-0.05, 0) is 18.5 Å². The lowest BCUT2D eigenvalue weighted by Crippen LogP contribution is -2.33. The second kappa shape index (κ2) is 7.68. The van der Waals surface area contributed by atoms with E-state index in [4.69, 9.17) is 0 Å². The zero-order chi connectivity index (χ0) is 13.4.